The first-order valence-corrected chi connectivity index (χ1v) is 8.75. The van der Waals surface area contributed by atoms with Gasteiger partial charge >= 0.3 is 0 Å². The maximum Gasteiger partial charge on any atom is 0.253 e. The number of likely N-dealkylation sites (N-methyl/N-ethyl adjacent to an activating group) is 1. The second kappa shape index (κ2) is 8.11. The molecule has 2 heterocycles. The van der Waals surface area contributed by atoms with E-state index in [0.29, 0.717) is 6.54 Å². The van der Waals surface area contributed by atoms with Crippen molar-refractivity contribution >= 4 is 5.91 Å². The molecule has 1 aliphatic heterocycles. The number of piperidine rings is 1. The molecule has 1 aromatic carbocycles. The van der Waals surface area contributed by atoms with Crippen LogP contribution in [0.5, 0.6) is 0 Å². The molecule has 3 rings (SSSR count). The predicted octanol–water partition coefficient (Wildman–Crippen LogP) is 2.27. The van der Waals surface area contributed by atoms with Crippen molar-refractivity contribution in [3.63, 3.8) is 0 Å². The molecule has 0 spiro atoms. The summed E-state index contributed by atoms with van der Waals surface area (Å²) in [7, 11) is 1.85. The number of benzene rings is 1. The molecule has 5 heteroatoms. The predicted molar refractivity (Wildman–Crippen MR) is 95.0 cm³/mol. The van der Waals surface area contributed by atoms with Crippen molar-refractivity contribution in [1.82, 2.24) is 20.4 Å². The number of nitrogens with zero attached hydrogens (tertiary/aromatic N) is 2. The molecule has 1 aliphatic rings. The van der Waals surface area contributed by atoms with E-state index in [-0.39, 0.29) is 5.91 Å². The van der Waals surface area contributed by atoms with E-state index < -0.39 is 0 Å². The standard InChI is InChI=1S/C19H26N4O/c1-23(10-8-17-13-21-22-14-17)19(24)18-6-4-15(5-7-18)11-16-3-2-9-20-12-16/h4-7,13-14,16,20H,2-3,8-12H2,1H3,(H,21,22). The van der Waals surface area contributed by atoms with Gasteiger partial charge in [-0.05, 0) is 68.0 Å². The van der Waals surface area contributed by atoms with Gasteiger partial charge in [0.2, 0.25) is 0 Å². The van der Waals surface area contributed by atoms with Gasteiger partial charge in [-0.25, -0.2) is 0 Å². The Bertz CT molecular complexity index is 630. The van der Waals surface area contributed by atoms with Gasteiger partial charge in [0.25, 0.3) is 5.91 Å². The fourth-order valence-corrected chi connectivity index (χ4v) is 3.25. The van der Waals surface area contributed by atoms with Gasteiger partial charge in [-0.3, -0.25) is 9.89 Å². The van der Waals surface area contributed by atoms with Crippen LogP contribution in [0, 0.1) is 5.92 Å². The smallest absolute Gasteiger partial charge is 0.253 e. The highest BCUT2D eigenvalue weighted by molar-refractivity contribution is 5.94. The maximum absolute atomic E-state index is 12.5. The summed E-state index contributed by atoms with van der Waals surface area (Å²) >= 11 is 0. The highest BCUT2D eigenvalue weighted by Crippen LogP contribution is 2.17. The van der Waals surface area contributed by atoms with Crippen molar-refractivity contribution < 1.29 is 4.79 Å². The van der Waals surface area contributed by atoms with Crippen LogP contribution in [0.3, 0.4) is 0 Å². The number of hydrogen-bond acceptors (Lipinski definition) is 3. The van der Waals surface area contributed by atoms with Gasteiger partial charge in [-0.1, -0.05) is 12.1 Å². The molecule has 1 amide bonds. The van der Waals surface area contributed by atoms with Gasteiger partial charge in [0.15, 0.2) is 0 Å². The van der Waals surface area contributed by atoms with E-state index in [1.807, 2.05) is 25.4 Å². The first-order chi connectivity index (χ1) is 11.7. The summed E-state index contributed by atoms with van der Waals surface area (Å²) in [5.41, 5.74) is 3.20. The van der Waals surface area contributed by atoms with Crippen molar-refractivity contribution in [1.29, 1.82) is 0 Å². The van der Waals surface area contributed by atoms with Gasteiger partial charge in [-0.15, -0.1) is 0 Å². The zero-order chi connectivity index (χ0) is 16.8. The normalized spacial score (nSPS) is 17.6. The van der Waals surface area contributed by atoms with Crippen LogP contribution in [0.4, 0.5) is 0 Å². The Hall–Kier alpha value is -2.14. The van der Waals surface area contributed by atoms with Crippen LogP contribution in [-0.2, 0) is 12.8 Å². The summed E-state index contributed by atoms with van der Waals surface area (Å²) in [6.45, 7) is 2.94. The van der Waals surface area contributed by atoms with E-state index in [1.54, 1.807) is 11.1 Å². The second-order valence-electron chi connectivity index (χ2n) is 6.70. The quantitative estimate of drug-likeness (QED) is 0.856. The van der Waals surface area contributed by atoms with Gasteiger partial charge in [0.05, 0.1) is 6.20 Å². The van der Waals surface area contributed by atoms with Crippen LogP contribution in [0.25, 0.3) is 0 Å². The van der Waals surface area contributed by atoms with Crippen LogP contribution < -0.4 is 5.32 Å². The maximum atomic E-state index is 12.5. The minimum absolute atomic E-state index is 0.0735. The average Bonchev–Trinajstić information content (AvgIpc) is 3.14. The molecule has 24 heavy (non-hydrogen) atoms. The Labute approximate surface area is 143 Å². The zero-order valence-corrected chi connectivity index (χ0v) is 14.3. The summed E-state index contributed by atoms with van der Waals surface area (Å²) in [5.74, 6) is 0.794. The van der Waals surface area contributed by atoms with Crippen LogP contribution in [0.1, 0.15) is 34.3 Å². The molecular weight excluding hydrogens is 300 g/mol. The van der Waals surface area contributed by atoms with E-state index in [0.717, 1.165) is 43.0 Å². The number of rotatable bonds is 6. The molecule has 1 atom stereocenters. The third-order valence-corrected chi connectivity index (χ3v) is 4.76. The fourth-order valence-electron chi connectivity index (χ4n) is 3.25. The topological polar surface area (TPSA) is 61.0 Å². The first kappa shape index (κ1) is 16.7. The molecule has 2 aromatic rings. The van der Waals surface area contributed by atoms with Gasteiger partial charge in [0.1, 0.15) is 0 Å². The minimum atomic E-state index is 0.0735. The third-order valence-electron chi connectivity index (χ3n) is 4.76. The Morgan fingerprint density at radius 3 is 2.79 bits per heavy atom. The van der Waals surface area contributed by atoms with Gasteiger partial charge in [0, 0.05) is 25.4 Å². The van der Waals surface area contributed by atoms with E-state index in [9.17, 15) is 4.79 Å². The Kier molecular flexibility index (Phi) is 5.64. The molecule has 1 saturated heterocycles. The summed E-state index contributed by atoms with van der Waals surface area (Å²) in [5, 5.41) is 10.2. The summed E-state index contributed by atoms with van der Waals surface area (Å²) in [6.07, 6.45) is 8.14. The molecule has 0 bridgehead atoms. The minimum Gasteiger partial charge on any atom is -0.341 e. The van der Waals surface area contributed by atoms with E-state index in [4.69, 9.17) is 0 Å². The Morgan fingerprint density at radius 1 is 1.29 bits per heavy atom. The lowest BCUT2D eigenvalue weighted by atomic mass is 9.92. The van der Waals surface area contributed by atoms with Gasteiger partial charge in [-0.2, -0.15) is 5.10 Å². The van der Waals surface area contributed by atoms with Crippen molar-refractivity contribution in [3.05, 3.63) is 53.3 Å². The molecule has 1 unspecified atom stereocenters. The number of hydrogen-bond donors (Lipinski definition) is 2. The van der Waals surface area contributed by atoms with Crippen LogP contribution >= 0.6 is 0 Å². The highest BCUT2D eigenvalue weighted by atomic mass is 16.2. The lowest BCUT2D eigenvalue weighted by molar-refractivity contribution is 0.0796. The van der Waals surface area contributed by atoms with Crippen molar-refractivity contribution in [3.8, 4) is 0 Å². The van der Waals surface area contributed by atoms with Crippen molar-refractivity contribution in [2.45, 2.75) is 25.7 Å². The Morgan fingerprint density at radius 2 is 2.12 bits per heavy atom. The second-order valence-corrected chi connectivity index (χ2v) is 6.70. The van der Waals surface area contributed by atoms with E-state index in [1.165, 1.54) is 18.4 Å². The number of carbonyl (C=O) groups is 1. The zero-order valence-electron chi connectivity index (χ0n) is 14.3. The van der Waals surface area contributed by atoms with Gasteiger partial charge < -0.3 is 10.2 Å². The van der Waals surface area contributed by atoms with Crippen LogP contribution in [0.2, 0.25) is 0 Å². The molecule has 2 N–H and O–H groups in total. The average molecular weight is 326 g/mol. The SMILES string of the molecule is CN(CCc1cn[nH]c1)C(=O)c1ccc(CC2CCCNC2)cc1. The Balaban J connectivity index is 1.52. The van der Waals surface area contributed by atoms with Crippen LogP contribution in [-0.4, -0.2) is 47.7 Å². The molecule has 1 fully saturated rings. The summed E-state index contributed by atoms with van der Waals surface area (Å²) in [4.78, 5) is 14.3. The van der Waals surface area contributed by atoms with E-state index >= 15 is 0 Å². The van der Waals surface area contributed by atoms with Crippen molar-refractivity contribution in [2.75, 3.05) is 26.7 Å². The first-order valence-electron chi connectivity index (χ1n) is 8.75. The molecule has 128 valence electrons. The monoisotopic (exact) mass is 326 g/mol. The van der Waals surface area contributed by atoms with Crippen LogP contribution in [0.15, 0.2) is 36.7 Å². The largest absolute Gasteiger partial charge is 0.341 e. The number of amides is 1. The number of carbonyl (C=O) groups excluding carboxylic acids is 1. The highest BCUT2D eigenvalue weighted by Gasteiger charge is 2.15. The summed E-state index contributed by atoms with van der Waals surface area (Å²) < 4.78 is 0. The molecule has 0 radical (unpaired) electrons. The number of H-pyrrole nitrogens is 1. The summed E-state index contributed by atoms with van der Waals surface area (Å²) in [6, 6.07) is 8.13. The lowest BCUT2D eigenvalue weighted by Crippen LogP contribution is -2.31. The molecule has 0 saturated carbocycles. The van der Waals surface area contributed by atoms with Crippen molar-refractivity contribution in [2.24, 2.45) is 5.92 Å². The third kappa shape index (κ3) is 4.45. The molecule has 1 aromatic heterocycles. The number of nitrogens with one attached hydrogen (secondary N) is 2. The number of aromatic amines is 1. The molecular formula is C19H26N4O. The number of aromatic nitrogens is 2. The molecule has 5 nitrogen and oxygen atoms in total. The molecule has 0 aliphatic carbocycles. The fraction of sp³-hybridized carbons (Fsp3) is 0.474. The lowest BCUT2D eigenvalue weighted by Gasteiger charge is -2.22. The van der Waals surface area contributed by atoms with E-state index in [2.05, 4.69) is 27.6 Å².